The Morgan fingerprint density at radius 3 is 2.68 bits per heavy atom. The Morgan fingerprint density at radius 1 is 1.21 bits per heavy atom. The van der Waals surface area contributed by atoms with Gasteiger partial charge >= 0.3 is 5.97 Å². The molecule has 3 nitrogen and oxygen atoms in total. The standard InChI is InChI=1S/C15H9FO3/c16-10-7-5-9(6-8-10)14(17)13-11-3-1-2-4-12(11)19-15(13)18/h1-8,11H/p+1. The lowest BCUT2D eigenvalue weighted by molar-refractivity contribution is -0.366. The molecule has 1 aliphatic heterocycles. The molecule has 0 saturated carbocycles. The van der Waals surface area contributed by atoms with Gasteiger partial charge in [0.25, 0.3) is 0 Å². The van der Waals surface area contributed by atoms with Gasteiger partial charge in [-0.05, 0) is 24.3 Å². The van der Waals surface area contributed by atoms with E-state index >= 15 is 0 Å². The van der Waals surface area contributed by atoms with Crippen molar-refractivity contribution in [2.45, 2.75) is 0 Å². The van der Waals surface area contributed by atoms with Crippen molar-refractivity contribution in [2.24, 2.45) is 5.92 Å². The van der Waals surface area contributed by atoms with Gasteiger partial charge in [0.05, 0.1) is 4.79 Å². The molecule has 1 N–H and O–H groups in total. The van der Waals surface area contributed by atoms with Gasteiger partial charge in [0.2, 0.25) is 5.78 Å². The minimum Gasteiger partial charge on any atom is -0.506 e. The van der Waals surface area contributed by atoms with Gasteiger partial charge in [0, 0.05) is 11.6 Å². The summed E-state index contributed by atoms with van der Waals surface area (Å²) in [6.45, 7) is 0. The van der Waals surface area contributed by atoms with Gasteiger partial charge in [0.1, 0.15) is 17.5 Å². The second kappa shape index (κ2) is 4.31. The Hall–Kier alpha value is -2.49. The number of allylic oxidation sites excluding steroid dienone is 4. The van der Waals surface area contributed by atoms with Gasteiger partial charge < -0.3 is 5.11 Å². The normalized spacial score (nSPS) is 23.3. The Bertz CT molecular complexity index is 663. The number of benzene rings is 1. The summed E-state index contributed by atoms with van der Waals surface area (Å²) in [5.41, 5.74) is 0.569. The molecule has 94 valence electrons. The van der Waals surface area contributed by atoms with Gasteiger partial charge in [-0.3, -0.25) is 4.42 Å². The summed E-state index contributed by atoms with van der Waals surface area (Å²) in [4.78, 5) is 11.8. The first-order valence-corrected chi connectivity index (χ1v) is 5.80. The topological polar surface area (TPSA) is 48.6 Å². The van der Waals surface area contributed by atoms with Crippen molar-refractivity contribution in [3.8, 4) is 0 Å². The van der Waals surface area contributed by atoms with E-state index in [-0.39, 0.29) is 17.3 Å². The van der Waals surface area contributed by atoms with Gasteiger partial charge in [-0.15, -0.1) is 0 Å². The van der Waals surface area contributed by atoms with E-state index in [9.17, 15) is 14.3 Å². The number of hydrogen-bond acceptors (Lipinski definition) is 2. The quantitative estimate of drug-likeness (QED) is 0.477. The van der Waals surface area contributed by atoms with Gasteiger partial charge in [-0.2, -0.15) is 0 Å². The lowest BCUT2D eigenvalue weighted by Crippen LogP contribution is -2.12. The molecule has 0 amide bonds. The molecule has 1 aromatic rings. The molecule has 0 spiro atoms. The molecule has 1 heterocycles. The lowest BCUT2D eigenvalue weighted by Gasteiger charge is -2.06. The second-order valence-corrected chi connectivity index (χ2v) is 4.28. The molecule has 0 bridgehead atoms. The van der Waals surface area contributed by atoms with E-state index in [0.29, 0.717) is 11.3 Å². The zero-order valence-electron chi connectivity index (χ0n) is 9.84. The predicted molar refractivity (Wildman–Crippen MR) is 67.7 cm³/mol. The van der Waals surface area contributed by atoms with Crippen LogP contribution in [0.1, 0.15) is 5.56 Å². The number of ketones is 1. The maximum atomic E-state index is 12.9. The third kappa shape index (κ3) is 1.91. The van der Waals surface area contributed by atoms with E-state index < -0.39 is 11.8 Å². The van der Waals surface area contributed by atoms with Crippen LogP contribution >= 0.6 is 0 Å². The molecule has 0 saturated heterocycles. The summed E-state index contributed by atoms with van der Waals surface area (Å²) in [5.74, 6) is -1.02. The average molecular weight is 257 g/mol. The molecule has 1 unspecified atom stereocenters. The molecular weight excluding hydrogens is 247 g/mol. The minimum absolute atomic E-state index is 0.176. The largest absolute Gasteiger partial charge is 0.614 e. The SMILES string of the molecule is O=C1[O+]=C2C=CC=CC2/C1=C(\O)c1ccc(F)cc1. The van der Waals surface area contributed by atoms with Crippen molar-refractivity contribution in [1.29, 1.82) is 0 Å². The Morgan fingerprint density at radius 2 is 1.95 bits per heavy atom. The fourth-order valence-corrected chi connectivity index (χ4v) is 2.16. The maximum Gasteiger partial charge on any atom is 0.614 e. The first-order chi connectivity index (χ1) is 9.16. The van der Waals surface area contributed by atoms with Crippen LogP contribution in [0.4, 0.5) is 4.39 Å². The van der Waals surface area contributed by atoms with E-state index in [2.05, 4.69) is 0 Å². The summed E-state index contributed by atoms with van der Waals surface area (Å²) in [5, 5.41) is 10.2. The predicted octanol–water partition coefficient (Wildman–Crippen LogP) is 2.48. The van der Waals surface area contributed by atoms with E-state index in [1.165, 1.54) is 24.3 Å². The van der Waals surface area contributed by atoms with Crippen LogP contribution in [-0.2, 0) is 9.22 Å². The Kier molecular flexibility index (Phi) is 2.63. The number of carbonyl (C=O) groups is 1. The molecular formula is C15H10FO3+. The van der Waals surface area contributed by atoms with Crippen molar-refractivity contribution in [1.82, 2.24) is 0 Å². The summed E-state index contributed by atoms with van der Waals surface area (Å²) in [7, 11) is 0. The number of aliphatic hydroxyl groups excluding tert-OH is 1. The number of aliphatic hydroxyl groups is 1. The molecule has 1 aromatic carbocycles. The number of carbonyl (C=O) groups excluding carboxylic acids is 2. The van der Waals surface area contributed by atoms with Crippen LogP contribution in [-0.4, -0.2) is 16.9 Å². The summed E-state index contributed by atoms with van der Waals surface area (Å²) in [6.07, 6.45) is 7.01. The highest BCUT2D eigenvalue weighted by molar-refractivity contribution is 6.12. The maximum absolute atomic E-state index is 12.9. The zero-order chi connectivity index (χ0) is 13.4. The van der Waals surface area contributed by atoms with Crippen LogP contribution in [0.25, 0.3) is 5.76 Å². The molecule has 1 aliphatic carbocycles. The highest BCUT2D eigenvalue weighted by Crippen LogP contribution is 2.30. The summed E-state index contributed by atoms with van der Waals surface area (Å²) in [6, 6.07) is 5.30. The third-order valence-electron chi connectivity index (χ3n) is 3.10. The second-order valence-electron chi connectivity index (χ2n) is 4.28. The lowest BCUT2D eigenvalue weighted by atomic mass is 9.90. The van der Waals surface area contributed by atoms with E-state index in [0.717, 1.165) is 0 Å². The van der Waals surface area contributed by atoms with Crippen molar-refractivity contribution >= 4 is 17.5 Å². The molecule has 1 atom stereocenters. The van der Waals surface area contributed by atoms with E-state index in [1.807, 2.05) is 0 Å². The molecule has 4 heteroatoms. The molecule has 0 aromatic heterocycles. The summed E-state index contributed by atoms with van der Waals surface area (Å²) < 4.78 is 18.0. The van der Waals surface area contributed by atoms with Gasteiger partial charge in [-0.25, -0.2) is 4.39 Å². The fourth-order valence-electron chi connectivity index (χ4n) is 2.16. The van der Waals surface area contributed by atoms with E-state index in [1.54, 1.807) is 24.3 Å². The smallest absolute Gasteiger partial charge is 0.506 e. The number of hydrogen-bond donors (Lipinski definition) is 1. The van der Waals surface area contributed by atoms with Crippen LogP contribution in [0.3, 0.4) is 0 Å². The Balaban J connectivity index is 2.07. The van der Waals surface area contributed by atoms with Crippen LogP contribution in [0.2, 0.25) is 0 Å². The van der Waals surface area contributed by atoms with Gasteiger partial charge in [0.15, 0.2) is 5.57 Å². The Labute approximate surface area is 108 Å². The first kappa shape index (κ1) is 11.6. The van der Waals surface area contributed by atoms with Crippen molar-refractivity contribution in [2.75, 3.05) is 0 Å². The number of halogens is 1. The number of fused-ring (bicyclic) bond motifs is 1. The first-order valence-electron chi connectivity index (χ1n) is 5.80. The highest BCUT2D eigenvalue weighted by atomic mass is 19.1. The van der Waals surface area contributed by atoms with E-state index in [4.69, 9.17) is 4.42 Å². The van der Waals surface area contributed by atoms with Crippen LogP contribution < -0.4 is 0 Å². The monoisotopic (exact) mass is 257 g/mol. The molecule has 19 heavy (non-hydrogen) atoms. The summed E-state index contributed by atoms with van der Waals surface area (Å²) >= 11 is 0. The van der Waals surface area contributed by atoms with Gasteiger partial charge in [-0.1, -0.05) is 18.2 Å². The van der Waals surface area contributed by atoms with Crippen LogP contribution in [0, 0.1) is 11.7 Å². The number of rotatable bonds is 1. The third-order valence-corrected chi connectivity index (χ3v) is 3.10. The van der Waals surface area contributed by atoms with Crippen molar-refractivity contribution in [3.63, 3.8) is 0 Å². The fraction of sp³-hybridized carbons (Fsp3) is 0.0667. The van der Waals surface area contributed by atoms with Crippen LogP contribution in [0.15, 0.2) is 54.1 Å². The van der Waals surface area contributed by atoms with Crippen LogP contribution in [0.5, 0.6) is 0 Å². The minimum atomic E-state index is -0.571. The average Bonchev–Trinajstić information content (AvgIpc) is 2.74. The molecule has 3 rings (SSSR count). The zero-order valence-corrected chi connectivity index (χ0v) is 9.84. The van der Waals surface area contributed by atoms with Crippen molar-refractivity contribution in [3.05, 3.63) is 65.5 Å². The highest BCUT2D eigenvalue weighted by Gasteiger charge is 2.45. The van der Waals surface area contributed by atoms with Crippen molar-refractivity contribution < 1.29 is 18.7 Å². The molecule has 0 radical (unpaired) electrons. The molecule has 0 fully saturated rings. The molecule has 2 aliphatic rings.